The normalized spacial score (nSPS) is 19.9. The number of benzene rings is 6. The first-order valence-corrected chi connectivity index (χ1v) is 20.7. The van der Waals surface area contributed by atoms with Crippen LogP contribution in [0.2, 0.25) is 0 Å². The highest BCUT2D eigenvalue weighted by Crippen LogP contribution is 2.58. The monoisotopic (exact) mass is 852 g/mol. The Labute approximate surface area is 364 Å². The van der Waals surface area contributed by atoms with Gasteiger partial charge in [0.1, 0.15) is 49.4 Å². The van der Waals surface area contributed by atoms with Crippen LogP contribution in [0.3, 0.4) is 0 Å². The molecule has 316 valence electrons. The van der Waals surface area contributed by atoms with Crippen molar-refractivity contribution >= 4 is 23.9 Å². The number of ether oxygens (including phenoxy) is 4. The van der Waals surface area contributed by atoms with Crippen LogP contribution in [0.5, 0.6) is 23.0 Å². The zero-order valence-electron chi connectivity index (χ0n) is 33.7. The quantitative estimate of drug-likeness (QED) is 0.133. The van der Waals surface area contributed by atoms with Gasteiger partial charge in [0.25, 0.3) is 0 Å². The smallest absolute Gasteiger partial charge is 0.333 e. The summed E-state index contributed by atoms with van der Waals surface area (Å²) in [6.45, 7) is 0.819. The minimum absolute atomic E-state index is 0.162. The molecule has 64 heavy (non-hydrogen) atoms. The van der Waals surface area contributed by atoms with Gasteiger partial charge in [-0.25, -0.2) is 19.2 Å². The lowest BCUT2D eigenvalue weighted by Gasteiger charge is -2.41. The maximum absolute atomic E-state index is 12.8. The molecule has 0 fully saturated rings. The van der Waals surface area contributed by atoms with Crippen molar-refractivity contribution in [2.24, 2.45) is 0 Å². The van der Waals surface area contributed by atoms with Gasteiger partial charge in [-0.3, -0.25) is 0 Å². The molecule has 0 spiro atoms. The van der Waals surface area contributed by atoms with Gasteiger partial charge in [0.05, 0.1) is 22.3 Å². The third kappa shape index (κ3) is 6.20. The Kier molecular flexibility index (Phi) is 8.95. The largest absolute Gasteiger partial charge is 0.489 e. The van der Waals surface area contributed by atoms with Crippen LogP contribution in [0.15, 0.2) is 144 Å². The SMILES string of the molecule is O=C(O)C1=C(C(=O)O)[C@@H]2c3ccc4cc3[C@H]1c1ccc(cc12)OCc1ccc(cc1)COc1ccc2c(c1)[C@@H]1C(C(=O)O)=C(C(=O)O)[C@H]2c2cc(ccc21)OCc1ccc(cc1)CO4. The second-order valence-corrected chi connectivity index (χ2v) is 16.6. The van der Waals surface area contributed by atoms with Crippen molar-refractivity contribution in [3.63, 3.8) is 0 Å². The fourth-order valence-corrected chi connectivity index (χ4v) is 10.2. The summed E-state index contributed by atoms with van der Waals surface area (Å²) < 4.78 is 24.9. The van der Waals surface area contributed by atoms with Crippen LogP contribution in [0, 0.1) is 0 Å². The molecule has 6 aromatic rings. The first kappa shape index (κ1) is 38.8. The lowest BCUT2D eigenvalue weighted by molar-refractivity contribution is -0.136. The molecule has 20 bridgehead atoms. The molecule has 0 saturated carbocycles. The van der Waals surface area contributed by atoms with E-state index >= 15 is 0 Å². The molecule has 16 aliphatic heterocycles. The Bertz CT molecular complexity index is 2670. The van der Waals surface area contributed by atoms with Crippen LogP contribution < -0.4 is 18.9 Å². The van der Waals surface area contributed by atoms with Crippen molar-refractivity contribution < 1.29 is 58.6 Å². The van der Waals surface area contributed by atoms with Crippen molar-refractivity contribution in [2.75, 3.05) is 0 Å². The topological polar surface area (TPSA) is 186 Å². The van der Waals surface area contributed by atoms with Crippen LogP contribution in [0.1, 0.15) is 90.4 Å². The number of carboxylic acids is 4. The second kappa shape index (κ2) is 14.8. The molecular weight excluding hydrogens is 817 g/mol. The zero-order valence-corrected chi connectivity index (χ0v) is 33.7. The minimum Gasteiger partial charge on any atom is -0.489 e. The summed E-state index contributed by atoms with van der Waals surface area (Å²) in [4.78, 5) is 51.1. The standard InChI is InChI=1S/C52H36O12/c53-49(54)45-41-35-15-11-31-19-39(35)42(46(45)50(55)56)33-13-9-29(17-37(33)41)61-21-25-1-2-26(4-3-25)22-62-30-10-14-34-38(18-30)43-36-16-12-32(64-24-28-7-5-27(6-8-28)23-63-31)20-40(36)44(34)48(52(59)60)47(43)51(57)58/h1-20,41-44H,21-24H2,(H,53,54)(H,55,56)(H,57,58)(H,59,60)/t41-,42-,43-,44-/m1/s1. The molecular formula is C52H36O12. The van der Waals surface area contributed by atoms with Gasteiger partial charge in [-0.05, 0) is 115 Å². The molecule has 16 heterocycles. The van der Waals surface area contributed by atoms with Gasteiger partial charge in [0.15, 0.2) is 0 Å². The molecule has 0 aromatic heterocycles. The van der Waals surface area contributed by atoms with Crippen LogP contribution in [-0.4, -0.2) is 44.3 Å². The number of aliphatic carboxylic acids is 4. The molecule has 28 rings (SSSR count). The molecule has 4 N–H and O–H groups in total. The van der Waals surface area contributed by atoms with Crippen LogP contribution in [-0.2, 0) is 45.6 Å². The van der Waals surface area contributed by atoms with E-state index in [0.717, 1.165) is 22.3 Å². The van der Waals surface area contributed by atoms with Crippen molar-refractivity contribution in [1.82, 2.24) is 0 Å². The Morgan fingerprint density at radius 2 is 0.516 bits per heavy atom. The molecule has 0 unspecified atom stereocenters. The minimum atomic E-state index is -1.29. The van der Waals surface area contributed by atoms with Crippen molar-refractivity contribution in [1.29, 1.82) is 0 Å². The van der Waals surface area contributed by atoms with E-state index in [4.69, 9.17) is 18.9 Å². The first-order chi connectivity index (χ1) is 31.0. The average molecular weight is 853 g/mol. The molecule has 12 heteroatoms. The summed E-state index contributed by atoms with van der Waals surface area (Å²) in [5.74, 6) is -6.46. The number of rotatable bonds is 4. The van der Waals surface area contributed by atoms with Gasteiger partial charge in [0, 0.05) is 23.7 Å². The third-order valence-corrected chi connectivity index (χ3v) is 13.0. The van der Waals surface area contributed by atoms with Gasteiger partial charge < -0.3 is 39.4 Å². The fraction of sp³-hybridized carbons (Fsp3) is 0.154. The van der Waals surface area contributed by atoms with E-state index in [1.54, 1.807) is 48.5 Å². The predicted molar refractivity (Wildman–Crippen MR) is 228 cm³/mol. The molecule has 6 aromatic carbocycles. The molecule has 0 amide bonds. The maximum Gasteiger partial charge on any atom is 0.333 e. The first-order valence-electron chi connectivity index (χ1n) is 20.7. The molecule has 6 aliphatic carbocycles. The summed E-state index contributed by atoms with van der Waals surface area (Å²) in [5.41, 5.74) is 8.33. The van der Waals surface area contributed by atoms with Crippen LogP contribution in [0.25, 0.3) is 0 Å². The summed E-state index contributed by atoms with van der Waals surface area (Å²) in [5, 5.41) is 41.7. The molecule has 0 radical (unpaired) electrons. The Morgan fingerprint density at radius 1 is 0.312 bits per heavy atom. The molecule has 0 saturated heterocycles. The highest BCUT2D eigenvalue weighted by atomic mass is 16.5. The Hall–Kier alpha value is -8.12. The average Bonchev–Trinajstić information content (AvgIpc) is 3.30. The lowest BCUT2D eigenvalue weighted by Crippen LogP contribution is -2.34. The van der Waals surface area contributed by atoms with Gasteiger partial charge in [-0.15, -0.1) is 0 Å². The van der Waals surface area contributed by atoms with Crippen molar-refractivity contribution in [2.45, 2.75) is 50.1 Å². The van der Waals surface area contributed by atoms with Crippen molar-refractivity contribution in [3.8, 4) is 23.0 Å². The lowest BCUT2D eigenvalue weighted by atomic mass is 9.61. The molecule has 12 nitrogen and oxygen atoms in total. The van der Waals surface area contributed by atoms with E-state index in [2.05, 4.69) is 0 Å². The van der Waals surface area contributed by atoms with E-state index in [1.807, 2.05) is 72.8 Å². The zero-order chi connectivity index (χ0) is 44.0. The molecule has 22 aliphatic rings. The third-order valence-electron chi connectivity index (χ3n) is 13.0. The summed E-state index contributed by atoms with van der Waals surface area (Å²) in [6.07, 6.45) is 0. The number of carbonyl (C=O) groups is 4. The number of hydrogen-bond acceptors (Lipinski definition) is 8. The van der Waals surface area contributed by atoms with Crippen LogP contribution in [0.4, 0.5) is 0 Å². The van der Waals surface area contributed by atoms with E-state index in [9.17, 15) is 39.6 Å². The predicted octanol–water partition coefficient (Wildman–Crippen LogP) is 8.43. The number of hydrogen-bond donors (Lipinski definition) is 4. The fourth-order valence-electron chi connectivity index (χ4n) is 10.2. The Morgan fingerprint density at radius 3 is 0.703 bits per heavy atom. The second-order valence-electron chi connectivity index (χ2n) is 16.6. The van der Waals surface area contributed by atoms with Crippen LogP contribution >= 0.6 is 0 Å². The Balaban J connectivity index is 0.950. The summed E-state index contributed by atoms with van der Waals surface area (Å²) in [6, 6.07) is 36.9. The van der Waals surface area contributed by atoms with Gasteiger partial charge >= 0.3 is 23.9 Å². The highest BCUT2D eigenvalue weighted by molar-refractivity contribution is 6.06. The number of carboxylic acid groups (broad SMARTS) is 4. The van der Waals surface area contributed by atoms with E-state index < -0.39 is 47.5 Å². The maximum atomic E-state index is 12.8. The van der Waals surface area contributed by atoms with Gasteiger partial charge in [-0.1, -0.05) is 72.8 Å². The highest BCUT2D eigenvalue weighted by Gasteiger charge is 2.49. The summed E-state index contributed by atoms with van der Waals surface area (Å²) in [7, 11) is 0. The molecule has 4 atom stereocenters. The summed E-state index contributed by atoms with van der Waals surface area (Å²) >= 11 is 0. The van der Waals surface area contributed by atoms with Gasteiger partial charge in [-0.2, -0.15) is 0 Å². The van der Waals surface area contributed by atoms with E-state index in [-0.39, 0.29) is 48.7 Å². The van der Waals surface area contributed by atoms with E-state index in [1.165, 1.54) is 0 Å². The van der Waals surface area contributed by atoms with E-state index in [0.29, 0.717) is 67.5 Å². The van der Waals surface area contributed by atoms with Crippen molar-refractivity contribution in [3.05, 3.63) is 210 Å². The van der Waals surface area contributed by atoms with Gasteiger partial charge in [0.2, 0.25) is 0 Å².